The monoisotopic (exact) mass is 228 g/mol. The van der Waals surface area contributed by atoms with E-state index < -0.39 is 0 Å². The van der Waals surface area contributed by atoms with Crippen LogP contribution in [0.5, 0.6) is 0 Å². The fourth-order valence-corrected chi connectivity index (χ4v) is 1.78. The molecule has 0 N–H and O–H groups in total. The molecule has 0 aliphatic heterocycles. The number of aldehydes is 1. The Hall–Kier alpha value is -1.23. The number of esters is 1. The maximum Gasteiger partial charge on any atom is 0.306 e. The minimum absolute atomic E-state index is 0.212. The average Bonchev–Trinajstić information content (AvgIpc) is 2.72. The number of rotatable bonds is 6. The molecule has 0 radical (unpaired) electrons. The van der Waals surface area contributed by atoms with E-state index in [0.717, 1.165) is 5.76 Å². The minimum Gasteiger partial charge on any atom is -0.469 e. The van der Waals surface area contributed by atoms with Gasteiger partial charge in [0.15, 0.2) is 12.0 Å². The number of methoxy groups -OCH3 is 1. The number of hydrogen-bond acceptors (Lipinski definition) is 5. The van der Waals surface area contributed by atoms with Crippen LogP contribution in [0, 0.1) is 0 Å². The zero-order valence-corrected chi connectivity index (χ0v) is 9.21. The van der Waals surface area contributed by atoms with Crippen LogP contribution in [0.1, 0.15) is 22.7 Å². The molecule has 0 amide bonds. The Morgan fingerprint density at radius 2 is 2.40 bits per heavy atom. The van der Waals surface area contributed by atoms with E-state index in [2.05, 4.69) is 4.74 Å². The van der Waals surface area contributed by atoms with E-state index in [1.165, 1.54) is 7.11 Å². The van der Waals surface area contributed by atoms with Crippen LogP contribution in [0.25, 0.3) is 0 Å². The van der Waals surface area contributed by atoms with Gasteiger partial charge in [-0.05, 0) is 12.1 Å². The van der Waals surface area contributed by atoms with Crippen molar-refractivity contribution in [2.45, 2.75) is 12.2 Å². The average molecular weight is 228 g/mol. The minimum atomic E-state index is -0.212. The van der Waals surface area contributed by atoms with Gasteiger partial charge in [-0.15, -0.1) is 0 Å². The first kappa shape index (κ1) is 11.8. The van der Waals surface area contributed by atoms with Gasteiger partial charge in [0.1, 0.15) is 5.76 Å². The van der Waals surface area contributed by atoms with E-state index in [0.29, 0.717) is 30.0 Å². The molecule has 1 rings (SSSR count). The molecule has 15 heavy (non-hydrogen) atoms. The van der Waals surface area contributed by atoms with Gasteiger partial charge in [0.25, 0.3) is 0 Å². The summed E-state index contributed by atoms with van der Waals surface area (Å²) in [6, 6.07) is 3.39. The van der Waals surface area contributed by atoms with Crippen LogP contribution in [0.2, 0.25) is 0 Å². The van der Waals surface area contributed by atoms with Gasteiger partial charge >= 0.3 is 5.97 Å². The van der Waals surface area contributed by atoms with Crippen LogP contribution < -0.4 is 0 Å². The fraction of sp³-hybridized carbons (Fsp3) is 0.400. The Labute approximate surface area is 92.0 Å². The third kappa shape index (κ3) is 4.20. The summed E-state index contributed by atoms with van der Waals surface area (Å²) in [5, 5.41) is 0. The molecule has 0 aromatic carbocycles. The topological polar surface area (TPSA) is 56.5 Å². The number of ether oxygens (including phenoxy) is 1. The first-order chi connectivity index (χ1) is 7.26. The summed E-state index contributed by atoms with van der Waals surface area (Å²) in [6.45, 7) is 0. The van der Waals surface area contributed by atoms with Crippen molar-refractivity contribution in [2.75, 3.05) is 12.9 Å². The molecular formula is C10H12O4S. The van der Waals surface area contributed by atoms with Crippen molar-refractivity contribution in [2.24, 2.45) is 0 Å². The van der Waals surface area contributed by atoms with Crippen molar-refractivity contribution in [1.29, 1.82) is 0 Å². The fourth-order valence-electron chi connectivity index (χ4n) is 0.966. The van der Waals surface area contributed by atoms with E-state index in [1.54, 1.807) is 23.9 Å². The van der Waals surface area contributed by atoms with Gasteiger partial charge in [0.05, 0.1) is 19.3 Å². The molecule has 4 nitrogen and oxygen atoms in total. The van der Waals surface area contributed by atoms with Crippen molar-refractivity contribution >= 4 is 24.0 Å². The predicted molar refractivity (Wildman–Crippen MR) is 56.9 cm³/mol. The van der Waals surface area contributed by atoms with E-state index in [-0.39, 0.29) is 5.97 Å². The molecule has 1 aromatic rings. The highest BCUT2D eigenvalue weighted by Gasteiger charge is 2.03. The van der Waals surface area contributed by atoms with Gasteiger partial charge in [-0.3, -0.25) is 9.59 Å². The number of thioether (sulfide) groups is 1. The number of hydrogen-bond donors (Lipinski definition) is 0. The molecule has 5 heteroatoms. The van der Waals surface area contributed by atoms with Crippen LogP contribution in [-0.4, -0.2) is 25.1 Å². The van der Waals surface area contributed by atoms with Gasteiger partial charge in [0.2, 0.25) is 0 Å². The molecule has 0 spiro atoms. The quantitative estimate of drug-likeness (QED) is 0.423. The van der Waals surface area contributed by atoms with Crippen LogP contribution >= 0.6 is 11.8 Å². The lowest BCUT2D eigenvalue weighted by Crippen LogP contribution is -2.01. The molecule has 82 valence electrons. The SMILES string of the molecule is COC(=O)CCSCc1ccc(C=O)o1. The zero-order chi connectivity index (χ0) is 11.1. The first-order valence-electron chi connectivity index (χ1n) is 4.44. The third-order valence-corrected chi connectivity index (χ3v) is 2.70. The summed E-state index contributed by atoms with van der Waals surface area (Å²) in [7, 11) is 1.37. The molecule has 0 fully saturated rings. The van der Waals surface area contributed by atoms with E-state index >= 15 is 0 Å². The van der Waals surface area contributed by atoms with Crippen LogP contribution in [0.3, 0.4) is 0 Å². The molecule has 0 saturated carbocycles. The summed E-state index contributed by atoms with van der Waals surface area (Å²) in [5.41, 5.74) is 0. The number of carbonyl (C=O) groups is 2. The third-order valence-electron chi connectivity index (χ3n) is 1.72. The normalized spacial score (nSPS) is 9.93. The van der Waals surface area contributed by atoms with Gasteiger partial charge in [0, 0.05) is 5.75 Å². The molecular weight excluding hydrogens is 216 g/mol. The Morgan fingerprint density at radius 3 is 3.00 bits per heavy atom. The van der Waals surface area contributed by atoms with Crippen molar-refractivity contribution in [1.82, 2.24) is 0 Å². The van der Waals surface area contributed by atoms with E-state index in [4.69, 9.17) is 4.42 Å². The number of carbonyl (C=O) groups excluding carboxylic acids is 2. The molecule has 0 atom stereocenters. The summed E-state index contributed by atoms with van der Waals surface area (Å²) in [6.07, 6.45) is 1.06. The summed E-state index contributed by atoms with van der Waals surface area (Å²) < 4.78 is 9.66. The first-order valence-corrected chi connectivity index (χ1v) is 5.60. The molecule has 0 aliphatic carbocycles. The van der Waals surface area contributed by atoms with Crippen LogP contribution in [0.15, 0.2) is 16.5 Å². The highest BCUT2D eigenvalue weighted by Crippen LogP contribution is 2.15. The van der Waals surface area contributed by atoms with Crippen LogP contribution in [0.4, 0.5) is 0 Å². The molecule has 0 aliphatic rings. The summed E-state index contributed by atoms with van der Waals surface area (Å²) in [5.74, 6) is 2.20. The maximum atomic E-state index is 10.8. The highest BCUT2D eigenvalue weighted by atomic mass is 32.2. The van der Waals surface area contributed by atoms with Crippen molar-refractivity contribution in [3.05, 3.63) is 23.7 Å². The molecule has 1 aromatic heterocycles. The summed E-state index contributed by atoms with van der Waals surface area (Å²) in [4.78, 5) is 21.1. The molecule has 0 saturated heterocycles. The van der Waals surface area contributed by atoms with E-state index in [9.17, 15) is 9.59 Å². The van der Waals surface area contributed by atoms with Crippen molar-refractivity contribution in [3.8, 4) is 0 Å². The smallest absolute Gasteiger partial charge is 0.306 e. The Bertz CT molecular complexity index is 332. The second kappa shape index (κ2) is 6.29. The largest absolute Gasteiger partial charge is 0.469 e. The lowest BCUT2D eigenvalue weighted by molar-refractivity contribution is -0.140. The lowest BCUT2D eigenvalue weighted by atomic mass is 10.4. The second-order valence-corrected chi connectivity index (χ2v) is 3.91. The predicted octanol–water partition coefficient (Wildman–Crippen LogP) is 1.89. The zero-order valence-electron chi connectivity index (χ0n) is 8.39. The Balaban J connectivity index is 2.20. The van der Waals surface area contributed by atoms with Crippen molar-refractivity contribution < 1.29 is 18.7 Å². The molecule has 1 heterocycles. The standard InChI is InChI=1S/C10H12O4S/c1-13-10(12)4-5-15-7-9-3-2-8(6-11)14-9/h2-3,6H,4-5,7H2,1H3. The van der Waals surface area contributed by atoms with E-state index in [1.807, 2.05) is 0 Å². The highest BCUT2D eigenvalue weighted by molar-refractivity contribution is 7.98. The van der Waals surface area contributed by atoms with Gasteiger partial charge in [-0.25, -0.2) is 0 Å². The number of furan rings is 1. The van der Waals surface area contributed by atoms with Gasteiger partial charge in [-0.1, -0.05) is 0 Å². The molecule has 0 bridgehead atoms. The van der Waals surface area contributed by atoms with Crippen LogP contribution in [-0.2, 0) is 15.3 Å². The van der Waals surface area contributed by atoms with Crippen molar-refractivity contribution in [3.63, 3.8) is 0 Å². The van der Waals surface area contributed by atoms with Gasteiger partial charge in [-0.2, -0.15) is 11.8 Å². The Kier molecular flexibility index (Phi) is 4.97. The Morgan fingerprint density at radius 1 is 1.60 bits per heavy atom. The lowest BCUT2D eigenvalue weighted by Gasteiger charge is -1.98. The van der Waals surface area contributed by atoms with Gasteiger partial charge < -0.3 is 9.15 Å². The summed E-state index contributed by atoms with van der Waals surface area (Å²) >= 11 is 1.56. The molecule has 0 unspecified atom stereocenters. The maximum absolute atomic E-state index is 10.8. The second-order valence-electron chi connectivity index (χ2n) is 2.80.